The number of likely N-dealkylation sites (tertiary alicyclic amines) is 1. The third-order valence-corrected chi connectivity index (χ3v) is 9.75. The Kier molecular flexibility index (Phi) is 10.2. The minimum atomic E-state index is -4.52. The molecule has 1 heterocycles. The molecule has 2 aliphatic rings. The zero-order valence-electron chi connectivity index (χ0n) is 26.9. The molecule has 5 nitrogen and oxygen atoms in total. The first-order chi connectivity index (χ1) is 23.6. The van der Waals surface area contributed by atoms with Gasteiger partial charge in [-0.15, -0.1) is 0 Å². The Bertz CT molecular complexity index is 1740. The lowest BCUT2D eigenvalue weighted by atomic mass is 9.73. The maximum Gasteiger partial charge on any atom is 0.405 e. The van der Waals surface area contributed by atoms with Crippen LogP contribution >= 0.6 is 0 Å². The molecule has 4 aromatic rings. The highest BCUT2D eigenvalue weighted by Crippen LogP contribution is 2.51. The predicted octanol–water partition coefficient (Wildman–Crippen LogP) is 8.30. The quantitative estimate of drug-likeness (QED) is 0.124. The molecule has 2 N–H and O–H groups in total. The topological polar surface area (TPSA) is 61.4 Å². The van der Waals surface area contributed by atoms with E-state index in [9.17, 15) is 31.5 Å². The van der Waals surface area contributed by atoms with Crippen LogP contribution in [-0.2, 0) is 10.2 Å². The summed E-state index contributed by atoms with van der Waals surface area (Å²) in [5.41, 5.74) is 3.78. The van der Waals surface area contributed by atoms with Gasteiger partial charge in [-0.05, 0) is 71.7 Å². The Morgan fingerprint density at radius 3 is 1.94 bits per heavy atom. The van der Waals surface area contributed by atoms with Crippen molar-refractivity contribution in [3.8, 4) is 22.3 Å². The van der Waals surface area contributed by atoms with Gasteiger partial charge in [0.25, 0.3) is 12.3 Å². The van der Waals surface area contributed by atoms with E-state index in [0.717, 1.165) is 61.2 Å². The summed E-state index contributed by atoms with van der Waals surface area (Å²) in [7, 11) is 0. The van der Waals surface area contributed by atoms with Crippen molar-refractivity contribution >= 4 is 11.8 Å². The van der Waals surface area contributed by atoms with Crippen LogP contribution in [-0.4, -0.2) is 55.1 Å². The molecule has 49 heavy (non-hydrogen) atoms. The fourth-order valence-electron chi connectivity index (χ4n) is 7.31. The van der Waals surface area contributed by atoms with Gasteiger partial charge in [0.15, 0.2) is 0 Å². The van der Waals surface area contributed by atoms with Crippen molar-refractivity contribution in [1.29, 1.82) is 0 Å². The van der Waals surface area contributed by atoms with Gasteiger partial charge in [0, 0.05) is 30.3 Å². The van der Waals surface area contributed by atoms with Crippen molar-refractivity contribution in [2.24, 2.45) is 0 Å². The average Bonchev–Trinajstić information content (AvgIpc) is 3.40. The number of halogens is 5. The lowest BCUT2D eigenvalue weighted by molar-refractivity contribution is -0.141. The molecule has 0 aromatic heterocycles. The van der Waals surface area contributed by atoms with Gasteiger partial charge in [0.1, 0.15) is 12.0 Å². The van der Waals surface area contributed by atoms with Crippen LogP contribution in [0.5, 0.6) is 0 Å². The lowest BCUT2D eigenvalue weighted by Gasteiger charge is -2.33. The Morgan fingerprint density at radius 2 is 1.35 bits per heavy atom. The van der Waals surface area contributed by atoms with Gasteiger partial charge in [-0.3, -0.25) is 9.59 Å². The van der Waals surface area contributed by atoms with Crippen molar-refractivity contribution in [3.63, 3.8) is 0 Å². The van der Waals surface area contributed by atoms with Crippen LogP contribution in [0, 0.1) is 0 Å². The molecule has 0 bridgehead atoms. The van der Waals surface area contributed by atoms with E-state index in [4.69, 9.17) is 0 Å². The number of piperidine rings is 1. The Hall–Kier alpha value is -4.57. The number of nitrogens with zero attached hydrogens (tertiary/aromatic N) is 1. The van der Waals surface area contributed by atoms with Crippen LogP contribution in [0.4, 0.5) is 22.0 Å². The monoisotopic (exact) mass is 675 g/mol. The molecule has 0 unspecified atom stereocenters. The second kappa shape index (κ2) is 14.5. The summed E-state index contributed by atoms with van der Waals surface area (Å²) in [4.78, 5) is 29.4. The zero-order valence-corrected chi connectivity index (χ0v) is 26.9. The lowest BCUT2D eigenvalue weighted by Crippen LogP contribution is -2.47. The van der Waals surface area contributed by atoms with E-state index < -0.39 is 30.5 Å². The molecular formula is C39H38F5N3O2. The summed E-state index contributed by atoms with van der Waals surface area (Å²) in [6, 6.07) is 28.0. The highest BCUT2D eigenvalue weighted by molar-refractivity contribution is 6.01. The fourth-order valence-corrected chi connectivity index (χ4v) is 7.31. The van der Waals surface area contributed by atoms with Crippen LogP contribution in [0.25, 0.3) is 22.3 Å². The Balaban J connectivity index is 1.05. The molecule has 1 fully saturated rings. The van der Waals surface area contributed by atoms with Crippen LogP contribution in [0.15, 0.2) is 97.1 Å². The van der Waals surface area contributed by atoms with E-state index in [2.05, 4.69) is 15.5 Å². The highest BCUT2D eigenvalue weighted by atomic mass is 19.4. The molecule has 0 saturated carbocycles. The Labute approximate surface area is 282 Å². The molecule has 4 aromatic carbocycles. The molecular weight excluding hydrogens is 637 g/mol. The van der Waals surface area contributed by atoms with E-state index in [1.165, 1.54) is 12.1 Å². The number of fused-ring (bicyclic) bond motifs is 3. The minimum absolute atomic E-state index is 0.0231. The number of carbonyl (C=O) groups is 2. The number of amides is 2. The molecule has 1 saturated heterocycles. The van der Waals surface area contributed by atoms with Gasteiger partial charge in [-0.25, -0.2) is 8.78 Å². The molecule has 2 amide bonds. The van der Waals surface area contributed by atoms with Gasteiger partial charge in [-0.2, -0.15) is 13.2 Å². The summed E-state index contributed by atoms with van der Waals surface area (Å²) in [5.74, 6) is -0.844. The predicted molar refractivity (Wildman–Crippen MR) is 179 cm³/mol. The molecule has 0 spiro atoms. The Morgan fingerprint density at radius 1 is 0.776 bits per heavy atom. The first-order valence-corrected chi connectivity index (χ1v) is 16.6. The summed E-state index contributed by atoms with van der Waals surface area (Å²) >= 11 is 0. The van der Waals surface area contributed by atoms with Gasteiger partial charge in [0.2, 0.25) is 5.91 Å². The normalized spacial score (nSPS) is 15.9. The number of benzene rings is 4. The van der Waals surface area contributed by atoms with Crippen molar-refractivity contribution < 1.29 is 31.5 Å². The standard InChI is InChI=1S/C39H38F5N3O2/c40-35(41)27-17-15-26(16-18-27)29-9-1-2-12-32(29)36(48)46-28-19-23-47(24-20-28)22-8-7-21-38(37(49)45-25-39(42,43)44)33-13-5-3-10-30(33)31-11-4-6-14-34(31)38/h1-6,9-18,28,35H,7-8,19-25H2,(H,45,49)(H,46,48). The third-order valence-electron chi connectivity index (χ3n) is 9.75. The molecule has 1 aliphatic carbocycles. The first-order valence-electron chi connectivity index (χ1n) is 16.6. The summed E-state index contributed by atoms with van der Waals surface area (Å²) < 4.78 is 65.6. The van der Waals surface area contributed by atoms with E-state index in [-0.39, 0.29) is 17.5 Å². The van der Waals surface area contributed by atoms with Gasteiger partial charge in [0.05, 0.1) is 0 Å². The summed E-state index contributed by atoms with van der Waals surface area (Å²) in [6.07, 6.45) is -3.81. The molecule has 0 radical (unpaired) electrons. The van der Waals surface area contributed by atoms with Crippen LogP contribution in [0.2, 0.25) is 0 Å². The van der Waals surface area contributed by atoms with E-state index in [0.29, 0.717) is 29.5 Å². The number of rotatable bonds is 11. The van der Waals surface area contributed by atoms with Gasteiger partial charge < -0.3 is 15.5 Å². The summed E-state index contributed by atoms with van der Waals surface area (Å²) in [6.45, 7) is 0.917. The van der Waals surface area contributed by atoms with E-state index in [1.54, 1.807) is 24.3 Å². The highest BCUT2D eigenvalue weighted by Gasteiger charge is 2.49. The number of hydrogen-bond acceptors (Lipinski definition) is 3. The first kappa shape index (κ1) is 34.3. The second-order valence-electron chi connectivity index (χ2n) is 12.8. The van der Waals surface area contributed by atoms with Gasteiger partial charge >= 0.3 is 6.18 Å². The second-order valence-corrected chi connectivity index (χ2v) is 12.8. The average molecular weight is 676 g/mol. The van der Waals surface area contributed by atoms with Crippen LogP contribution in [0.3, 0.4) is 0 Å². The summed E-state index contributed by atoms with van der Waals surface area (Å²) in [5, 5.41) is 5.34. The number of alkyl halides is 5. The number of nitrogens with one attached hydrogen (secondary N) is 2. The number of unbranched alkanes of at least 4 members (excludes halogenated alkanes) is 1. The maximum absolute atomic E-state index is 13.7. The fraction of sp³-hybridized carbons (Fsp3) is 0.333. The van der Waals surface area contributed by atoms with Crippen molar-refractivity contribution in [1.82, 2.24) is 15.5 Å². The van der Waals surface area contributed by atoms with Crippen LogP contribution in [0.1, 0.15) is 65.6 Å². The van der Waals surface area contributed by atoms with E-state index in [1.807, 2.05) is 60.7 Å². The van der Waals surface area contributed by atoms with Gasteiger partial charge in [-0.1, -0.05) is 97.4 Å². The number of hydrogen-bond donors (Lipinski definition) is 2. The smallest absolute Gasteiger partial charge is 0.349 e. The third kappa shape index (κ3) is 7.39. The molecule has 256 valence electrons. The molecule has 1 aliphatic heterocycles. The molecule has 0 atom stereocenters. The van der Waals surface area contributed by atoms with Crippen LogP contribution < -0.4 is 10.6 Å². The number of carbonyl (C=O) groups excluding carboxylic acids is 2. The molecule has 6 rings (SSSR count). The van der Waals surface area contributed by atoms with Crippen molar-refractivity contribution in [2.75, 3.05) is 26.2 Å². The van der Waals surface area contributed by atoms with E-state index >= 15 is 0 Å². The SMILES string of the molecule is O=C(NC1CCN(CCCCC2(C(=O)NCC(F)(F)F)c3ccccc3-c3ccccc32)CC1)c1ccccc1-c1ccc(C(F)F)cc1. The minimum Gasteiger partial charge on any atom is -0.349 e. The van der Waals surface area contributed by atoms with Crippen molar-refractivity contribution in [2.45, 2.75) is 56.2 Å². The maximum atomic E-state index is 13.7. The zero-order chi connectivity index (χ0) is 34.6. The largest absolute Gasteiger partial charge is 0.405 e. The van der Waals surface area contributed by atoms with Crippen molar-refractivity contribution in [3.05, 3.63) is 119 Å². The molecule has 10 heteroatoms.